The summed E-state index contributed by atoms with van der Waals surface area (Å²) >= 11 is 0. The van der Waals surface area contributed by atoms with Gasteiger partial charge in [-0.25, -0.2) is 9.78 Å². The minimum atomic E-state index is -1.25. The van der Waals surface area contributed by atoms with Gasteiger partial charge in [-0.2, -0.15) is 0 Å². The van der Waals surface area contributed by atoms with Crippen LogP contribution >= 0.6 is 0 Å². The number of carboxylic acid groups (broad SMARTS) is 1. The number of hydrogen-bond donors (Lipinski definition) is 1. The van der Waals surface area contributed by atoms with E-state index in [-0.39, 0.29) is 11.7 Å². The molecule has 4 atom stereocenters. The van der Waals surface area contributed by atoms with E-state index in [1.165, 1.54) is 38.5 Å². The van der Waals surface area contributed by atoms with Crippen molar-refractivity contribution in [2.45, 2.75) is 89.4 Å². The highest BCUT2D eigenvalue weighted by Crippen LogP contribution is 2.43. The van der Waals surface area contributed by atoms with Crippen molar-refractivity contribution in [2.75, 3.05) is 0 Å². The summed E-state index contributed by atoms with van der Waals surface area (Å²) in [5.74, 6) is -1.25. The quantitative estimate of drug-likeness (QED) is 0.757. The highest BCUT2D eigenvalue weighted by Gasteiger charge is 2.44. The van der Waals surface area contributed by atoms with Crippen LogP contribution in [0, 0.1) is 0 Å². The van der Waals surface area contributed by atoms with Crippen LogP contribution in [0.25, 0.3) is 11.0 Å². The molecule has 29 heavy (non-hydrogen) atoms. The predicted octanol–water partition coefficient (Wildman–Crippen LogP) is 4.23. The molecule has 6 nitrogen and oxygen atoms in total. The number of rotatable bonds is 7. The van der Waals surface area contributed by atoms with E-state index < -0.39 is 11.5 Å². The van der Waals surface area contributed by atoms with E-state index in [2.05, 4.69) is 23.7 Å². The van der Waals surface area contributed by atoms with Gasteiger partial charge in [-0.05, 0) is 50.7 Å². The zero-order valence-corrected chi connectivity index (χ0v) is 17.4. The smallest absolute Gasteiger partial charge is 0.360 e. The van der Waals surface area contributed by atoms with Crippen LogP contribution in [-0.4, -0.2) is 43.7 Å². The van der Waals surface area contributed by atoms with Crippen LogP contribution in [0.3, 0.4) is 0 Å². The number of piperidine rings is 1. The van der Waals surface area contributed by atoms with Gasteiger partial charge in [0.05, 0.1) is 11.0 Å². The molecule has 2 aliphatic rings. The Balaban J connectivity index is 1.70. The summed E-state index contributed by atoms with van der Waals surface area (Å²) in [6, 6.07) is 9.02. The molecule has 2 aliphatic heterocycles. The molecule has 6 heteroatoms. The van der Waals surface area contributed by atoms with Crippen LogP contribution in [0.15, 0.2) is 29.1 Å². The minimum absolute atomic E-state index is 0.0333. The van der Waals surface area contributed by atoms with Crippen LogP contribution in [0.2, 0.25) is 0 Å². The number of nitrogens with zero attached hydrogens (tertiary/aromatic N) is 3. The van der Waals surface area contributed by atoms with Crippen LogP contribution in [0.1, 0.15) is 81.7 Å². The van der Waals surface area contributed by atoms with Crippen LogP contribution in [0.5, 0.6) is 0 Å². The third kappa shape index (κ3) is 3.59. The molecule has 0 radical (unpaired) electrons. The van der Waals surface area contributed by atoms with Crippen LogP contribution in [-0.2, 0) is 0 Å². The van der Waals surface area contributed by atoms with Crippen molar-refractivity contribution in [1.29, 1.82) is 0 Å². The van der Waals surface area contributed by atoms with Crippen molar-refractivity contribution in [2.24, 2.45) is 0 Å². The Labute approximate surface area is 171 Å². The number of benzene rings is 1. The number of carbonyl (C=O) groups is 1. The Kier molecular flexibility index (Phi) is 5.72. The molecule has 1 N–H and O–H groups in total. The average molecular weight is 398 g/mol. The van der Waals surface area contributed by atoms with Gasteiger partial charge in [-0.3, -0.25) is 9.69 Å². The minimum Gasteiger partial charge on any atom is -0.476 e. The van der Waals surface area contributed by atoms with E-state index in [0.717, 1.165) is 18.4 Å². The lowest BCUT2D eigenvalue weighted by Crippen LogP contribution is -2.50. The Morgan fingerprint density at radius 3 is 2.48 bits per heavy atom. The second-order valence-electron chi connectivity index (χ2n) is 8.59. The molecule has 1 unspecified atom stereocenters. The maximum Gasteiger partial charge on any atom is 0.360 e. The van der Waals surface area contributed by atoms with Gasteiger partial charge in [-0.15, -0.1) is 0 Å². The van der Waals surface area contributed by atoms with Gasteiger partial charge in [0.1, 0.15) is 0 Å². The number of aromatic nitrogens is 2. The summed E-state index contributed by atoms with van der Waals surface area (Å²) in [4.78, 5) is 31.6. The largest absolute Gasteiger partial charge is 0.476 e. The van der Waals surface area contributed by atoms with E-state index in [4.69, 9.17) is 0 Å². The molecule has 1 aromatic heterocycles. The topological polar surface area (TPSA) is 75.4 Å². The first kappa shape index (κ1) is 20.1. The summed E-state index contributed by atoms with van der Waals surface area (Å²) in [5, 5.41) is 9.51. The Morgan fingerprint density at radius 1 is 1.17 bits per heavy atom. The zero-order chi connectivity index (χ0) is 20.5. The second-order valence-corrected chi connectivity index (χ2v) is 8.59. The van der Waals surface area contributed by atoms with Crippen molar-refractivity contribution in [3.05, 3.63) is 40.3 Å². The second kappa shape index (κ2) is 8.27. The van der Waals surface area contributed by atoms with Crippen molar-refractivity contribution in [3.8, 4) is 0 Å². The maximum atomic E-state index is 13.1. The molecule has 0 amide bonds. The van der Waals surface area contributed by atoms with Gasteiger partial charge in [0.25, 0.3) is 5.56 Å². The Bertz CT molecular complexity index is 940. The highest BCUT2D eigenvalue weighted by atomic mass is 16.4. The number of hydrogen-bond acceptors (Lipinski definition) is 4. The molecule has 0 aliphatic carbocycles. The van der Waals surface area contributed by atoms with Crippen molar-refractivity contribution in [3.63, 3.8) is 0 Å². The molecule has 1 aromatic carbocycles. The van der Waals surface area contributed by atoms with Gasteiger partial charge in [-0.1, -0.05) is 38.8 Å². The molecule has 3 heterocycles. The lowest BCUT2D eigenvalue weighted by molar-refractivity contribution is 0.0548. The number of unbranched alkanes of at least 4 members (excludes halogenated alkanes) is 1. The van der Waals surface area contributed by atoms with Gasteiger partial charge in [0.15, 0.2) is 0 Å². The monoisotopic (exact) mass is 397 g/mol. The van der Waals surface area contributed by atoms with E-state index in [0.29, 0.717) is 23.6 Å². The third-order valence-corrected chi connectivity index (χ3v) is 6.91. The summed E-state index contributed by atoms with van der Waals surface area (Å²) in [7, 11) is 0. The van der Waals surface area contributed by atoms with E-state index in [1.54, 1.807) is 10.6 Å². The molecule has 4 rings (SSSR count). The molecule has 0 saturated carbocycles. The van der Waals surface area contributed by atoms with Crippen molar-refractivity contribution in [1.82, 2.24) is 14.5 Å². The molecular formula is C23H31N3O3. The van der Waals surface area contributed by atoms with Gasteiger partial charge in [0, 0.05) is 24.2 Å². The molecule has 2 bridgehead atoms. The molecule has 2 saturated heterocycles. The van der Waals surface area contributed by atoms with Gasteiger partial charge >= 0.3 is 5.97 Å². The van der Waals surface area contributed by atoms with Crippen LogP contribution < -0.4 is 5.56 Å². The number of para-hydroxylation sites is 2. The molecule has 156 valence electrons. The van der Waals surface area contributed by atoms with Gasteiger partial charge < -0.3 is 9.67 Å². The van der Waals surface area contributed by atoms with Crippen molar-refractivity contribution < 1.29 is 9.90 Å². The molecule has 0 spiro atoms. The first-order valence-electron chi connectivity index (χ1n) is 11.1. The highest BCUT2D eigenvalue weighted by molar-refractivity contribution is 5.88. The summed E-state index contributed by atoms with van der Waals surface area (Å²) in [5.41, 5.74) is 0.493. The summed E-state index contributed by atoms with van der Waals surface area (Å²) < 4.78 is 1.74. The lowest BCUT2D eigenvalue weighted by Gasteiger charge is -2.44. The summed E-state index contributed by atoms with van der Waals surface area (Å²) in [6.45, 7) is 4.53. The fourth-order valence-electron chi connectivity index (χ4n) is 5.65. The third-order valence-electron chi connectivity index (χ3n) is 6.91. The number of carboxylic acids is 1. The van der Waals surface area contributed by atoms with Crippen molar-refractivity contribution >= 4 is 17.0 Å². The lowest BCUT2D eigenvalue weighted by atomic mass is 9.92. The maximum absolute atomic E-state index is 13.1. The number of aromatic carboxylic acids is 1. The normalized spacial score (nSPS) is 25.4. The molecular weight excluding hydrogens is 366 g/mol. The summed E-state index contributed by atoms with van der Waals surface area (Å²) in [6.07, 6.45) is 9.05. The Hall–Kier alpha value is -2.21. The standard InChI is InChI=1S/C23H31N3O3/c1-3-5-8-15(4-2)25-16-11-12-17(25)14-18(13-16)26-20-10-7-6-9-19(20)24-21(22(26)27)23(28)29/h6-7,9-10,15-18H,3-5,8,11-14H2,1-2H3,(H,28,29)/t15?,16-,17+,18+. The van der Waals surface area contributed by atoms with E-state index in [9.17, 15) is 14.7 Å². The zero-order valence-electron chi connectivity index (χ0n) is 17.4. The van der Waals surface area contributed by atoms with E-state index in [1.807, 2.05) is 18.2 Å². The average Bonchev–Trinajstić information content (AvgIpc) is 2.97. The molecule has 2 fully saturated rings. The number of fused-ring (bicyclic) bond motifs is 3. The molecule has 2 aromatic rings. The first-order chi connectivity index (χ1) is 14.0. The van der Waals surface area contributed by atoms with Crippen LogP contribution in [0.4, 0.5) is 0 Å². The van der Waals surface area contributed by atoms with Gasteiger partial charge in [0.2, 0.25) is 5.69 Å². The fraction of sp³-hybridized carbons (Fsp3) is 0.609. The predicted molar refractivity (Wildman–Crippen MR) is 113 cm³/mol. The SMILES string of the molecule is CCCCC(CC)N1[C@@H]2CC[C@H]1C[C@@H](n1c(=O)c(C(=O)O)nc3ccccc31)C2. The van der Waals surface area contributed by atoms with E-state index >= 15 is 0 Å². The fourth-order valence-corrected chi connectivity index (χ4v) is 5.65. The Morgan fingerprint density at radius 2 is 1.86 bits per heavy atom. The first-order valence-corrected chi connectivity index (χ1v) is 11.1.